The number of rotatable bonds is 12. The molecule has 0 bridgehead atoms. The lowest BCUT2D eigenvalue weighted by atomic mass is 10.1. The highest BCUT2D eigenvalue weighted by molar-refractivity contribution is 7.60. The van der Waals surface area contributed by atoms with Crippen molar-refractivity contribution in [2.75, 3.05) is 6.61 Å². The molecule has 0 heterocycles. The highest BCUT2D eigenvalue weighted by Gasteiger charge is 2.31. The van der Waals surface area contributed by atoms with Crippen molar-refractivity contribution >= 4 is 15.6 Å². The summed E-state index contributed by atoms with van der Waals surface area (Å²) in [4.78, 5) is 26.1. The van der Waals surface area contributed by atoms with Crippen LogP contribution >= 0.6 is 15.6 Å². The second-order valence-corrected chi connectivity index (χ2v) is 8.50. The molecule has 7 nitrogen and oxygen atoms in total. The Balaban J connectivity index is 4.20. The van der Waals surface area contributed by atoms with Crippen LogP contribution in [0.2, 0.25) is 0 Å². The highest BCUT2D eigenvalue weighted by atomic mass is 31.3. The Kier molecular flexibility index (Phi) is 11.4. The van der Waals surface area contributed by atoms with Crippen LogP contribution in [0.5, 0.6) is 0 Å². The third-order valence-electron chi connectivity index (χ3n) is 3.24. The van der Waals surface area contributed by atoms with Gasteiger partial charge in [0.25, 0.3) is 0 Å². The molecule has 1 unspecified atom stereocenters. The molecule has 1 atom stereocenters. The molecule has 0 spiro atoms. The van der Waals surface area contributed by atoms with E-state index < -0.39 is 15.6 Å². The van der Waals surface area contributed by atoms with Crippen molar-refractivity contribution in [3.8, 4) is 0 Å². The second kappa shape index (κ2) is 11.8. The van der Waals surface area contributed by atoms with E-state index in [9.17, 15) is 9.13 Å². The first kappa shape index (κ1) is 24.2. The normalized spacial score (nSPS) is 16.6. The van der Waals surface area contributed by atoms with Crippen molar-refractivity contribution < 1.29 is 32.6 Å². The Morgan fingerprint density at radius 1 is 0.960 bits per heavy atom. The lowest BCUT2D eigenvalue weighted by Crippen LogP contribution is -1.94. The molecule has 0 saturated carbocycles. The van der Waals surface area contributed by atoms with Crippen LogP contribution in [0.4, 0.5) is 0 Å². The molecule has 0 aliphatic carbocycles. The van der Waals surface area contributed by atoms with Gasteiger partial charge in [-0.1, -0.05) is 47.6 Å². The molecule has 144 valence electrons. The van der Waals surface area contributed by atoms with Crippen molar-refractivity contribution in [2.24, 2.45) is 0 Å². The van der Waals surface area contributed by atoms with Crippen LogP contribution in [0.3, 0.4) is 0 Å². The molecule has 9 heteroatoms. The predicted octanol–water partition coefficient (Wildman–Crippen LogP) is 4.80. The van der Waals surface area contributed by atoms with Crippen molar-refractivity contribution in [1.29, 1.82) is 0 Å². The van der Waals surface area contributed by atoms with Gasteiger partial charge in [-0.05, 0) is 46.5 Å². The molecule has 0 aromatic carbocycles. The van der Waals surface area contributed by atoms with Crippen LogP contribution < -0.4 is 0 Å². The summed E-state index contributed by atoms with van der Waals surface area (Å²) in [5.74, 6) is 0. The zero-order chi connectivity index (χ0) is 19.5. The van der Waals surface area contributed by atoms with Crippen molar-refractivity contribution in [3.05, 3.63) is 47.6 Å². The van der Waals surface area contributed by atoms with Gasteiger partial charge >= 0.3 is 15.6 Å². The maximum atomic E-state index is 11.3. The first-order chi connectivity index (χ1) is 11.4. The zero-order valence-electron chi connectivity index (χ0n) is 14.9. The molecule has 0 aromatic heterocycles. The summed E-state index contributed by atoms with van der Waals surface area (Å²) in [5, 5.41) is 0. The largest absolute Gasteiger partial charge is 0.481 e. The van der Waals surface area contributed by atoms with Gasteiger partial charge in [0.15, 0.2) is 0 Å². The van der Waals surface area contributed by atoms with Crippen molar-refractivity contribution in [3.63, 3.8) is 0 Å². The van der Waals surface area contributed by atoms with Crippen LogP contribution in [0.25, 0.3) is 0 Å². The Morgan fingerprint density at radius 3 is 2.00 bits per heavy atom. The maximum absolute atomic E-state index is 11.3. The maximum Gasteiger partial charge on any atom is 0.481 e. The van der Waals surface area contributed by atoms with Crippen LogP contribution in [-0.4, -0.2) is 21.3 Å². The third-order valence-corrected chi connectivity index (χ3v) is 5.39. The molecule has 0 radical (unpaired) electrons. The van der Waals surface area contributed by atoms with Gasteiger partial charge in [-0.3, -0.25) is 4.52 Å². The molecule has 0 rings (SSSR count). The lowest BCUT2D eigenvalue weighted by Gasteiger charge is -2.11. The third kappa shape index (κ3) is 15.2. The Morgan fingerprint density at radius 2 is 1.48 bits per heavy atom. The minimum absolute atomic E-state index is 0.270. The standard InChI is InChI=1S/C16H28O7P2/c1-5-14(2)8-6-9-15(3)10-7-11-16(4)12-13-22-25(20,21)23-24(17,18)19/h5,8,10,12H,1,6-7,9,11,13H2,2-4H3,(H,20,21)(H2,17,18,19). The van der Waals surface area contributed by atoms with Crippen LogP contribution in [-0.2, 0) is 18.0 Å². The van der Waals surface area contributed by atoms with Gasteiger partial charge in [-0.2, -0.15) is 4.31 Å². The van der Waals surface area contributed by atoms with E-state index in [1.165, 1.54) is 5.57 Å². The molecule has 3 N–H and O–H groups in total. The van der Waals surface area contributed by atoms with Gasteiger partial charge in [-0.15, -0.1) is 0 Å². The van der Waals surface area contributed by atoms with Gasteiger partial charge < -0.3 is 14.7 Å². The fourth-order valence-corrected chi connectivity index (χ4v) is 3.32. The average molecular weight is 394 g/mol. The van der Waals surface area contributed by atoms with E-state index in [0.717, 1.165) is 36.8 Å². The van der Waals surface area contributed by atoms with Crippen molar-refractivity contribution in [2.45, 2.75) is 46.5 Å². The predicted molar refractivity (Wildman–Crippen MR) is 98.8 cm³/mol. The van der Waals surface area contributed by atoms with Gasteiger partial charge in [0.1, 0.15) is 0 Å². The number of hydrogen-bond donors (Lipinski definition) is 3. The Bertz CT molecular complexity index is 614. The van der Waals surface area contributed by atoms with Crippen molar-refractivity contribution in [1.82, 2.24) is 0 Å². The molecule has 0 aromatic rings. The summed E-state index contributed by atoms with van der Waals surface area (Å²) in [6.07, 6.45) is 11.2. The van der Waals surface area contributed by atoms with E-state index in [4.69, 9.17) is 14.7 Å². The fourth-order valence-electron chi connectivity index (χ4n) is 1.79. The molecule has 0 aliphatic heterocycles. The zero-order valence-corrected chi connectivity index (χ0v) is 16.7. The minimum atomic E-state index is -5.07. The highest BCUT2D eigenvalue weighted by Crippen LogP contribution is 2.57. The van der Waals surface area contributed by atoms with E-state index in [1.54, 1.807) is 6.08 Å². The second-order valence-electron chi connectivity index (χ2n) is 5.67. The van der Waals surface area contributed by atoms with Gasteiger partial charge in [0, 0.05) is 0 Å². The molecule has 0 amide bonds. The summed E-state index contributed by atoms with van der Waals surface area (Å²) < 4.78 is 29.9. The van der Waals surface area contributed by atoms with Gasteiger partial charge in [0.2, 0.25) is 0 Å². The number of phosphoric acid groups is 2. The topological polar surface area (TPSA) is 113 Å². The summed E-state index contributed by atoms with van der Waals surface area (Å²) in [6, 6.07) is 0. The fraction of sp³-hybridized carbons (Fsp3) is 0.500. The average Bonchev–Trinajstić information content (AvgIpc) is 2.44. The Hall–Kier alpha value is -0.780. The lowest BCUT2D eigenvalue weighted by molar-refractivity contribution is 0.191. The first-order valence-corrected chi connectivity index (χ1v) is 10.8. The number of phosphoric ester groups is 1. The monoisotopic (exact) mass is 394 g/mol. The number of hydrogen-bond acceptors (Lipinski definition) is 4. The van der Waals surface area contributed by atoms with Crippen LogP contribution in [0.1, 0.15) is 46.5 Å². The van der Waals surface area contributed by atoms with E-state index in [-0.39, 0.29) is 6.61 Å². The van der Waals surface area contributed by atoms with Crippen LogP contribution in [0.15, 0.2) is 47.6 Å². The van der Waals surface area contributed by atoms with E-state index in [1.807, 2.05) is 19.9 Å². The first-order valence-electron chi connectivity index (χ1n) is 7.80. The van der Waals surface area contributed by atoms with E-state index >= 15 is 0 Å². The summed E-state index contributed by atoms with van der Waals surface area (Å²) >= 11 is 0. The molecule has 25 heavy (non-hydrogen) atoms. The summed E-state index contributed by atoms with van der Waals surface area (Å²) in [5.41, 5.74) is 3.38. The quantitative estimate of drug-likeness (QED) is 0.248. The summed E-state index contributed by atoms with van der Waals surface area (Å²) in [7, 11) is -9.84. The molecular weight excluding hydrogens is 366 g/mol. The van der Waals surface area contributed by atoms with Gasteiger partial charge in [0.05, 0.1) is 6.61 Å². The molecule has 0 saturated heterocycles. The SMILES string of the molecule is C=CC(C)=CCCC(C)=CCCC(C)=CCOP(=O)(O)OP(=O)(O)O. The smallest absolute Gasteiger partial charge is 0.302 e. The summed E-state index contributed by atoms with van der Waals surface area (Å²) in [6.45, 7) is 9.36. The van der Waals surface area contributed by atoms with Crippen LogP contribution in [0, 0.1) is 0 Å². The molecular formula is C16H28O7P2. The van der Waals surface area contributed by atoms with E-state index in [0.29, 0.717) is 0 Å². The molecule has 0 aliphatic rings. The minimum Gasteiger partial charge on any atom is -0.302 e. The Labute approximate surface area is 149 Å². The van der Waals surface area contributed by atoms with E-state index in [2.05, 4.69) is 34.5 Å². The molecule has 0 fully saturated rings. The van der Waals surface area contributed by atoms with Gasteiger partial charge in [-0.25, -0.2) is 9.13 Å². The number of allylic oxidation sites excluding steroid dienone is 6.